The summed E-state index contributed by atoms with van der Waals surface area (Å²) in [5.41, 5.74) is 1.16. The highest BCUT2D eigenvalue weighted by atomic mass is 32.2. The predicted octanol–water partition coefficient (Wildman–Crippen LogP) is 1.49. The topological polar surface area (TPSA) is 49.4 Å². The second-order valence-electron chi connectivity index (χ2n) is 4.62. The third-order valence-electron chi connectivity index (χ3n) is 3.00. The first kappa shape index (κ1) is 16.1. The highest BCUT2D eigenvalue weighted by molar-refractivity contribution is 7.89. The standard InChI is InChI=1S/C14H24N2O2S/c1-3-10-15-11-13-19(17,18)16(2)12-9-14-7-5-4-6-8-14/h4-8,15H,3,9-13H2,1-2H3. The minimum absolute atomic E-state index is 0.165. The smallest absolute Gasteiger partial charge is 0.215 e. The molecule has 0 spiro atoms. The van der Waals surface area contributed by atoms with Crippen molar-refractivity contribution in [2.24, 2.45) is 0 Å². The first-order valence-electron chi connectivity index (χ1n) is 6.75. The first-order valence-corrected chi connectivity index (χ1v) is 8.36. The van der Waals surface area contributed by atoms with E-state index in [0.717, 1.165) is 24.9 Å². The van der Waals surface area contributed by atoms with Crippen LogP contribution >= 0.6 is 0 Å². The van der Waals surface area contributed by atoms with Gasteiger partial charge in [0.25, 0.3) is 0 Å². The van der Waals surface area contributed by atoms with Crippen LogP contribution in [-0.2, 0) is 16.4 Å². The van der Waals surface area contributed by atoms with Gasteiger partial charge >= 0.3 is 0 Å². The monoisotopic (exact) mass is 284 g/mol. The largest absolute Gasteiger partial charge is 0.316 e. The Morgan fingerprint density at radius 2 is 1.84 bits per heavy atom. The molecule has 0 aliphatic carbocycles. The molecule has 0 saturated heterocycles. The quantitative estimate of drug-likeness (QED) is 0.699. The molecule has 0 amide bonds. The van der Waals surface area contributed by atoms with Crippen LogP contribution in [0, 0.1) is 0 Å². The molecule has 0 aromatic heterocycles. The van der Waals surface area contributed by atoms with Gasteiger partial charge in [-0.05, 0) is 24.9 Å². The summed E-state index contributed by atoms with van der Waals surface area (Å²) in [6.07, 6.45) is 1.77. The van der Waals surface area contributed by atoms with Crippen molar-refractivity contribution >= 4 is 10.0 Å². The van der Waals surface area contributed by atoms with Crippen LogP contribution in [0.5, 0.6) is 0 Å². The summed E-state index contributed by atoms with van der Waals surface area (Å²) >= 11 is 0. The Labute approximate surface area is 116 Å². The summed E-state index contributed by atoms with van der Waals surface area (Å²) in [5.74, 6) is 0.165. The Morgan fingerprint density at radius 1 is 1.16 bits per heavy atom. The van der Waals surface area contributed by atoms with E-state index in [-0.39, 0.29) is 5.75 Å². The van der Waals surface area contributed by atoms with Crippen LogP contribution in [0.25, 0.3) is 0 Å². The van der Waals surface area contributed by atoms with Gasteiger partial charge in [-0.2, -0.15) is 0 Å². The molecule has 108 valence electrons. The average molecular weight is 284 g/mol. The third-order valence-corrected chi connectivity index (χ3v) is 4.85. The lowest BCUT2D eigenvalue weighted by Gasteiger charge is -2.17. The number of rotatable bonds is 9. The lowest BCUT2D eigenvalue weighted by molar-refractivity contribution is 0.470. The number of benzene rings is 1. The highest BCUT2D eigenvalue weighted by Gasteiger charge is 2.16. The van der Waals surface area contributed by atoms with E-state index in [1.165, 1.54) is 4.31 Å². The number of hydrogen-bond donors (Lipinski definition) is 1. The van der Waals surface area contributed by atoms with Crippen molar-refractivity contribution in [3.8, 4) is 0 Å². The Bertz CT molecular complexity index is 446. The zero-order chi connectivity index (χ0) is 14.1. The van der Waals surface area contributed by atoms with Gasteiger partial charge < -0.3 is 5.32 Å². The Hall–Kier alpha value is -0.910. The SMILES string of the molecule is CCCNCCS(=O)(=O)N(C)CCc1ccccc1. The van der Waals surface area contributed by atoms with Gasteiger partial charge in [0.15, 0.2) is 0 Å². The minimum atomic E-state index is -3.14. The van der Waals surface area contributed by atoms with Gasteiger partial charge in [-0.15, -0.1) is 0 Å². The summed E-state index contributed by atoms with van der Waals surface area (Å²) in [5, 5.41) is 3.11. The third kappa shape index (κ3) is 6.18. The molecule has 0 aliphatic heterocycles. The summed E-state index contributed by atoms with van der Waals surface area (Å²) < 4.78 is 25.5. The maximum atomic E-state index is 12.0. The fourth-order valence-corrected chi connectivity index (χ4v) is 2.81. The van der Waals surface area contributed by atoms with E-state index in [0.29, 0.717) is 13.1 Å². The second kappa shape index (κ2) is 8.30. The molecule has 0 saturated carbocycles. The van der Waals surface area contributed by atoms with Crippen LogP contribution < -0.4 is 5.32 Å². The number of sulfonamides is 1. The predicted molar refractivity (Wildman–Crippen MR) is 79.7 cm³/mol. The zero-order valence-electron chi connectivity index (χ0n) is 11.8. The minimum Gasteiger partial charge on any atom is -0.316 e. The van der Waals surface area contributed by atoms with Gasteiger partial charge in [0.05, 0.1) is 5.75 Å². The fraction of sp³-hybridized carbons (Fsp3) is 0.571. The lowest BCUT2D eigenvalue weighted by Crippen LogP contribution is -2.35. The van der Waals surface area contributed by atoms with E-state index < -0.39 is 10.0 Å². The van der Waals surface area contributed by atoms with Crippen molar-refractivity contribution < 1.29 is 8.42 Å². The van der Waals surface area contributed by atoms with Crippen LogP contribution in [0.2, 0.25) is 0 Å². The molecular weight excluding hydrogens is 260 g/mol. The van der Waals surface area contributed by atoms with E-state index in [2.05, 4.69) is 12.2 Å². The Morgan fingerprint density at radius 3 is 2.47 bits per heavy atom. The molecule has 0 radical (unpaired) electrons. The van der Waals surface area contributed by atoms with Crippen LogP contribution in [-0.4, -0.2) is 45.2 Å². The Balaban J connectivity index is 2.37. The molecule has 4 nitrogen and oxygen atoms in total. The van der Waals surface area contributed by atoms with Crippen LogP contribution in [0.15, 0.2) is 30.3 Å². The van der Waals surface area contributed by atoms with Crippen molar-refractivity contribution in [2.75, 3.05) is 32.4 Å². The van der Waals surface area contributed by atoms with Crippen molar-refractivity contribution in [3.05, 3.63) is 35.9 Å². The van der Waals surface area contributed by atoms with E-state index in [9.17, 15) is 8.42 Å². The van der Waals surface area contributed by atoms with E-state index >= 15 is 0 Å². The average Bonchev–Trinajstić information content (AvgIpc) is 2.42. The molecule has 5 heteroatoms. The van der Waals surface area contributed by atoms with Gasteiger partial charge in [0.1, 0.15) is 0 Å². The fourth-order valence-electron chi connectivity index (χ4n) is 1.73. The van der Waals surface area contributed by atoms with Crippen molar-refractivity contribution in [1.29, 1.82) is 0 Å². The second-order valence-corrected chi connectivity index (χ2v) is 6.82. The van der Waals surface area contributed by atoms with Crippen LogP contribution in [0.4, 0.5) is 0 Å². The normalized spacial score (nSPS) is 11.9. The molecule has 0 fully saturated rings. The van der Waals surface area contributed by atoms with Gasteiger partial charge in [-0.3, -0.25) is 0 Å². The number of nitrogens with one attached hydrogen (secondary N) is 1. The maximum Gasteiger partial charge on any atom is 0.215 e. The highest BCUT2D eigenvalue weighted by Crippen LogP contribution is 2.04. The molecule has 0 bridgehead atoms. The molecule has 0 unspecified atom stereocenters. The molecule has 1 rings (SSSR count). The summed E-state index contributed by atoms with van der Waals surface area (Å²) in [4.78, 5) is 0. The van der Waals surface area contributed by atoms with E-state index in [4.69, 9.17) is 0 Å². The lowest BCUT2D eigenvalue weighted by atomic mass is 10.2. The zero-order valence-corrected chi connectivity index (χ0v) is 12.6. The van der Waals surface area contributed by atoms with Crippen molar-refractivity contribution in [1.82, 2.24) is 9.62 Å². The van der Waals surface area contributed by atoms with E-state index in [1.54, 1.807) is 7.05 Å². The molecule has 0 heterocycles. The van der Waals surface area contributed by atoms with Gasteiger partial charge in [-0.1, -0.05) is 37.3 Å². The summed E-state index contributed by atoms with van der Waals surface area (Å²) in [6.45, 7) is 3.97. The number of nitrogens with zero attached hydrogens (tertiary/aromatic N) is 1. The van der Waals surface area contributed by atoms with Crippen LogP contribution in [0.3, 0.4) is 0 Å². The summed E-state index contributed by atoms with van der Waals surface area (Å²) in [6, 6.07) is 9.94. The van der Waals surface area contributed by atoms with Gasteiger partial charge in [0.2, 0.25) is 10.0 Å². The molecule has 19 heavy (non-hydrogen) atoms. The molecule has 0 atom stereocenters. The Kier molecular flexibility index (Phi) is 7.05. The van der Waals surface area contributed by atoms with Gasteiger partial charge in [0, 0.05) is 20.1 Å². The molecule has 1 N–H and O–H groups in total. The number of likely N-dealkylation sites (N-methyl/N-ethyl adjacent to an activating group) is 1. The van der Waals surface area contributed by atoms with Crippen molar-refractivity contribution in [2.45, 2.75) is 19.8 Å². The maximum absolute atomic E-state index is 12.0. The number of hydrogen-bond acceptors (Lipinski definition) is 3. The van der Waals surface area contributed by atoms with Crippen LogP contribution in [0.1, 0.15) is 18.9 Å². The van der Waals surface area contributed by atoms with Gasteiger partial charge in [-0.25, -0.2) is 12.7 Å². The molecule has 1 aromatic carbocycles. The molecule has 1 aromatic rings. The van der Waals surface area contributed by atoms with E-state index in [1.807, 2.05) is 30.3 Å². The molecule has 0 aliphatic rings. The first-order chi connectivity index (χ1) is 9.06. The molecular formula is C14H24N2O2S. The summed E-state index contributed by atoms with van der Waals surface area (Å²) in [7, 11) is -1.49. The van der Waals surface area contributed by atoms with Crippen molar-refractivity contribution in [3.63, 3.8) is 0 Å².